The Bertz CT molecular complexity index is 2040. The van der Waals surface area contributed by atoms with Gasteiger partial charge in [-0.15, -0.1) is 0 Å². The molecule has 2 N–H and O–H groups in total. The maximum atomic E-state index is 13.9. The van der Waals surface area contributed by atoms with Gasteiger partial charge < -0.3 is 19.5 Å². The smallest absolute Gasteiger partial charge is 0.336 e. The first-order chi connectivity index (χ1) is 22.2. The summed E-state index contributed by atoms with van der Waals surface area (Å²) in [5, 5.41) is 21.1. The number of aromatic carboxylic acids is 1. The highest BCUT2D eigenvalue weighted by atomic mass is 32.2. The van der Waals surface area contributed by atoms with E-state index in [0.29, 0.717) is 53.7 Å². The Balaban J connectivity index is 1.58. The van der Waals surface area contributed by atoms with E-state index in [2.05, 4.69) is 23.7 Å². The summed E-state index contributed by atoms with van der Waals surface area (Å²) in [6, 6.07) is 14.7. The standard InChI is InChI=1S/C36H41N3O7S/c1-6-37-29-17-31-27(15-21(29)2)33(24-9-7-8-10-25(24)35(42)43)28-16-26-23(19-36(3,4)38(5)30(26)18-32(28)46-31)20-47(44,45)39-13-11-22(12-14-39)34(40)41/h7-10,15-18,22-23H,6,11-14,19-20H2,1-5H3,(H,40,41)(H,42,43). The number of rotatable bonds is 7. The third-order valence-corrected chi connectivity index (χ3v) is 12.0. The zero-order valence-corrected chi connectivity index (χ0v) is 28.2. The molecule has 0 amide bonds. The van der Waals surface area contributed by atoms with Crippen LogP contribution in [0.1, 0.15) is 67.4 Å². The van der Waals surface area contributed by atoms with Gasteiger partial charge in [0.05, 0.1) is 22.6 Å². The fourth-order valence-electron chi connectivity index (χ4n) is 7.29. The highest BCUT2D eigenvalue weighted by Gasteiger charge is 2.41. The van der Waals surface area contributed by atoms with E-state index in [0.717, 1.165) is 27.7 Å². The number of anilines is 1. The molecule has 0 spiro atoms. The van der Waals surface area contributed by atoms with Gasteiger partial charge in [-0.25, -0.2) is 17.5 Å². The molecule has 3 heterocycles. The largest absolute Gasteiger partial charge is 0.481 e. The van der Waals surface area contributed by atoms with Crippen LogP contribution < -0.4 is 10.3 Å². The van der Waals surface area contributed by atoms with Crippen LogP contribution >= 0.6 is 0 Å². The molecule has 1 aliphatic carbocycles. The molecule has 3 aliphatic heterocycles. The Kier molecular flexibility index (Phi) is 8.42. The predicted octanol–water partition coefficient (Wildman–Crippen LogP) is 5.96. The summed E-state index contributed by atoms with van der Waals surface area (Å²) >= 11 is 0. The van der Waals surface area contributed by atoms with Gasteiger partial charge in [0, 0.05) is 72.5 Å². The minimum atomic E-state index is -3.72. The van der Waals surface area contributed by atoms with Gasteiger partial charge in [0.25, 0.3) is 0 Å². The van der Waals surface area contributed by atoms with Gasteiger partial charge in [-0.1, -0.05) is 18.2 Å². The summed E-state index contributed by atoms with van der Waals surface area (Å²) in [4.78, 5) is 30.8. The molecule has 1 atom stereocenters. The fourth-order valence-corrected chi connectivity index (χ4v) is 9.07. The number of nitrogens with zero attached hydrogens (tertiary/aromatic N) is 3. The van der Waals surface area contributed by atoms with E-state index in [9.17, 15) is 28.2 Å². The van der Waals surface area contributed by atoms with Crippen molar-refractivity contribution >= 4 is 38.6 Å². The Morgan fingerprint density at radius 2 is 1.74 bits per heavy atom. The van der Waals surface area contributed by atoms with Gasteiger partial charge >= 0.3 is 11.9 Å². The molecule has 248 valence electrons. The van der Waals surface area contributed by atoms with Crippen LogP contribution in [0.3, 0.4) is 0 Å². The molecule has 0 aromatic heterocycles. The first-order valence-electron chi connectivity index (χ1n) is 16.0. The molecule has 0 bridgehead atoms. The number of carbonyl (C=O) groups is 2. The molecule has 4 aliphatic rings. The summed E-state index contributed by atoms with van der Waals surface area (Å²) < 4.78 is 35.8. The number of carboxylic acid groups (broad SMARTS) is 2. The Labute approximate surface area is 274 Å². The van der Waals surface area contributed by atoms with Crippen molar-refractivity contribution in [2.45, 2.75) is 58.4 Å². The lowest BCUT2D eigenvalue weighted by Crippen LogP contribution is -2.48. The van der Waals surface area contributed by atoms with Crippen molar-refractivity contribution in [1.82, 2.24) is 4.31 Å². The van der Waals surface area contributed by atoms with Gasteiger partial charge in [-0.3, -0.25) is 9.79 Å². The maximum Gasteiger partial charge on any atom is 0.336 e. The Hall–Kier alpha value is -4.22. The molecule has 0 saturated carbocycles. The van der Waals surface area contributed by atoms with Crippen LogP contribution in [-0.2, 0) is 14.8 Å². The Morgan fingerprint density at radius 3 is 2.40 bits per heavy atom. The van der Waals surface area contributed by atoms with Crippen LogP contribution in [0.5, 0.6) is 0 Å². The van der Waals surface area contributed by atoms with Crippen molar-refractivity contribution in [1.29, 1.82) is 0 Å². The molecule has 1 fully saturated rings. The quantitative estimate of drug-likeness (QED) is 0.232. The van der Waals surface area contributed by atoms with Gasteiger partial charge in [0.1, 0.15) is 11.3 Å². The van der Waals surface area contributed by atoms with Crippen molar-refractivity contribution in [3.63, 3.8) is 0 Å². The second-order valence-electron chi connectivity index (χ2n) is 13.4. The van der Waals surface area contributed by atoms with Crippen LogP contribution in [0.4, 0.5) is 5.69 Å². The van der Waals surface area contributed by atoms with E-state index >= 15 is 0 Å². The number of benzene rings is 3. The summed E-state index contributed by atoms with van der Waals surface area (Å²) in [5.74, 6) is -2.37. The monoisotopic (exact) mass is 659 g/mol. The topological polar surface area (TPSA) is 141 Å². The average Bonchev–Trinajstić information content (AvgIpc) is 3.02. The molecule has 2 aromatic carbocycles. The molecular formula is C36H41N3O7S. The lowest BCUT2D eigenvalue weighted by Gasteiger charge is -2.46. The first kappa shape index (κ1) is 32.7. The van der Waals surface area contributed by atoms with E-state index in [1.54, 1.807) is 18.2 Å². The maximum absolute atomic E-state index is 13.9. The molecule has 10 nitrogen and oxygen atoms in total. The highest BCUT2D eigenvalue weighted by Crippen LogP contribution is 2.49. The second-order valence-corrected chi connectivity index (χ2v) is 15.4. The molecule has 6 rings (SSSR count). The van der Waals surface area contributed by atoms with E-state index in [1.165, 1.54) is 4.31 Å². The second kappa shape index (κ2) is 12.1. The fraction of sp³-hybridized carbons (Fsp3) is 0.417. The van der Waals surface area contributed by atoms with Gasteiger partial charge in [0.15, 0.2) is 0 Å². The number of fused-ring (bicyclic) bond motifs is 3. The molecule has 0 radical (unpaired) electrons. The van der Waals surface area contributed by atoms with E-state index in [4.69, 9.17) is 4.42 Å². The van der Waals surface area contributed by atoms with Gasteiger partial charge in [-0.05, 0) is 81.8 Å². The number of aryl methyl sites for hydroxylation is 1. The van der Waals surface area contributed by atoms with Gasteiger partial charge in [0.2, 0.25) is 10.0 Å². The number of carboxylic acids is 2. The minimum absolute atomic E-state index is 0.118. The number of aliphatic carboxylic acids is 1. The van der Waals surface area contributed by atoms with Crippen LogP contribution in [0.25, 0.3) is 33.4 Å². The number of hydrogen-bond donors (Lipinski definition) is 2. The highest BCUT2D eigenvalue weighted by molar-refractivity contribution is 7.89. The van der Waals surface area contributed by atoms with E-state index in [-0.39, 0.29) is 35.9 Å². The van der Waals surface area contributed by atoms with Crippen molar-refractivity contribution in [3.8, 4) is 22.5 Å². The number of sulfonamides is 1. The van der Waals surface area contributed by atoms with Crippen molar-refractivity contribution in [3.05, 3.63) is 70.6 Å². The van der Waals surface area contributed by atoms with Crippen LogP contribution in [0.2, 0.25) is 0 Å². The van der Waals surface area contributed by atoms with E-state index in [1.807, 2.05) is 51.2 Å². The van der Waals surface area contributed by atoms with Crippen LogP contribution in [0, 0.1) is 12.8 Å². The molecular weight excluding hydrogens is 618 g/mol. The number of hydrogen-bond acceptors (Lipinski definition) is 7. The van der Waals surface area contributed by atoms with Crippen LogP contribution in [0.15, 0.2) is 57.9 Å². The SMILES string of the molecule is CCN=c1cc2oc3cc4c(cc3c(-c3ccccc3C(=O)O)c-2cc1C)C(CS(=O)(=O)N1CCC(C(=O)O)CC1)CC(C)(C)N4C. The van der Waals surface area contributed by atoms with E-state index < -0.39 is 27.9 Å². The minimum Gasteiger partial charge on any atom is -0.481 e. The summed E-state index contributed by atoms with van der Waals surface area (Å²) in [7, 11) is -1.72. The predicted molar refractivity (Wildman–Crippen MR) is 182 cm³/mol. The zero-order valence-electron chi connectivity index (χ0n) is 27.4. The molecule has 2 aromatic rings. The summed E-state index contributed by atoms with van der Waals surface area (Å²) in [6.45, 7) is 9.09. The third-order valence-electron chi connectivity index (χ3n) is 10.0. The molecule has 11 heteroatoms. The first-order valence-corrected chi connectivity index (χ1v) is 17.7. The lowest BCUT2D eigenvalue weighted by molar-refractivity contribution is -0.142. The zero-order chi connectivity index (χ0) is 33.8. The summed E-state index contributed by atoms with van der Waals surface area (Å²) in [6.07, 6.45) is 1.16. The van der Waals surface area contributed by atoms with Crippen molar-refractivity contribution in [2.24, 2.45) is 10.9 Å². The van der Waals surface area contributed by atoms with Crippen molar-refractivity contribution in [2.75, 3.05) is 37.3 Å². The average molecular weight is 660 g/mol. The molecule has 1 unspecified atom stereocenters. The normalized spacial score (nSPS) is 19.3. The number of piperidine rings is 1. The molecule has 1 saturated heterocycles. The van der Waals surface area contributed by atoms with Crippen molar-refractivity contribution < 1.29 is 32.6 Å². The third kappa shape index (κ3) is 5.91. The summed E-state index contributed by atoms with van der Waals surface area (Å²) in [5.41, 5.74) is 4.95. The van der Waals surface area contributed by atoms with Crippen LogP contribution in [-0.4, -0.2) is 72.8 Å². The van der Waals surface area contributed by atoms with Gasteiger partial charge in [-0.2, -0.15) is 0 Å². The molecule has 47 heavy (non-hydrogen) atoms. The Morgan fingerprint density at radius 1 is 1.04 bits per heavy atom. The lowest BCUT2D eigenvalue weighted by atomic mass is 9.79.